The van der Waals surface area contributed by atoms with Gasteiger partial charge in [-0.1, -0.05) is 6.08 Å². The van der Waals surface area contributed by atoms with Crippen molar-refractivity contribution >= 4 is 17.8 Å². The largest absolute Gasteiger partial charge is 0.290 e. The molecule has 0 aliphatic heterocycles. The Morgan fingerprint density at radius 1 is 1.36 bits per heavy atom. The van der Waals surface area contributed by atoms with Crippen LogP contribution in [0.3, 0.4) is 0 Å². The molecule has 0 spiro atoms. The van der Waals surface area contributed by atoms with E-state index in [1.54, 1.807) is 0 Å². The topological polar surface area (TPSA) is 12.4 Å². The summed E-state index contributed by atoms with van der Waals surface area (Å²) in [6.45, 7) is 8.04. The second-order valence-corrected chi connectivity index (χ2v) is 3.65. The minimum atomic E-state index is 0.0913. The van der Waals surface area contributed by atoms with Gasteiger partial charge in [0.15, 0.2) is 0 Å². The quantitative estimate of drug-likeness (QED) is 0.460. The number of rotatable bonds is 3. The third-order valence-corrected chi connectivity index (χ3v) is 1.19. The lowest BCUT2D eigenvalue weighted by Crippen LogP contribution is -1.92. The molecule has 0 amide bonds. The van der Waals surface area contributed by atoms with E-state index in [-0.39, 0.29) is 5.38 Å². The maximum absolute atomic E-state index is 5.75. The van der Waals surface area contributed by atoms with Crippen LogP contribution in [-0.4, -0.2) is 17.6 Å². The number of alkyl halides is 1. The molecule has 0 aromatic carbocycles. The van der Waals surface area contributed by atoms with E-state index >= 15 is 0 Å². The van der Waals surface area contributed by atoms with Crippen molar-refractivity contribution in [2.75, 3.05) is 0 Å². The Bertz CT molecular complexity index is 157. The zero-order chi connectivity index (χ0) is 8.85. The fraction of sp³-hybridized carbons (Fsp3) is 0.667. The van der Waals surface area contributed by atoms with E-state index in [1.165, 1.54) is 0 Å². The van der Waals surface area contributed by atoms with E-state index in [4.69, 9.17) is 11.6 Å². The fourth-order valence-corrected chi connectivity index (χ4v) is 0.871. The molecule has 1 unspecified atom stereocenters. The van der Waals surface area contributed by atoms with E-state index in [0.717, 1.165) is 5.57 Å². The summed E-state index contributed by atoms with van der Waals surface area (Å²) in [6.07, 6.45) is 3.84. The molecule has 64 valence electrons. The highest BCUT2D eigenvalue weighted by molar-refractivity contribution is 6.21. The van der Waals surface area contributed by atoms with E-state index < -0.39 is 0 Å². The zero-order valence-corrected chi connectivity index (χ0v) is 8.39. The third-order valence-electron chi connectivity index (χ3n) is 1.07. The van der Waals surface area contributed by atoms with E-state index in [0.29, 0.717) is 6.04 Å². The molecular weight excluding hydrogens is 158 g/mol. The summed E-state index contributed by atoms with van der Waals surface area (Å²) < 4.78 is 0. The van der Waals surface area contributed by atoms with Crippen molar-refractivity contribution in [3.63, 3.8) is 0 Å². The normalized spacial score (nSPS) is 16.4. The molecule has 2 heteroatoms. The van der Waals surface area contributed by atoms with Crippen LogP contribution in [0.1, 0.15) is 27.7 Å². The molecule has 0 bridgehead atoms. The highest BCUT2D eigenvalue weighted by Crippen LogP contribution is 2.00. The molecule has 0 radical (unpaired) electrons. The van der Waals surface area contributed by atoms with Crippen molar-refractivity contribution in [1.29, 1.82) is 0 Å². The number of halogens is 1. The molecule has 11 heavy (non-hydrogen) atoms. The lowest BCUT2D eigenvalue weighted by Gasteiger charge is -1.96. The summed E-state index contributed by atoms with van der Waals surface area (Å²) in [5, 5.41) is 0.0913. The van der Waals surface area contributed by atoms with Crippen LogP contribution in [0.15, 0.2) is 16.6 Å². The Labute approximate surface area is 74.2 Å². The van der Waals surface area contributed by atoms with Gasteiger partial charge in [0, 0.05) is 17.6 Å². The highest BCUT2D eigenvalue weighted by Gasteiger charge is 1.90. The first kappa shape index (κ1) is 10.7. The third kappa shape index (κ3) is 7.60. The molecule has 0 aliphatic carbocycles. The first-order valence-electron chi connectivity index (χ1n) is 3.88. The first-order chi connectivity index (χ1) is 5.02. The average Bonchev–Trinajstić information content (AvgIpc) is 1.82. The lowest BCUT2D eigenvalue weighted by molar-refractivity contribution is 0.840. The Morgan fingerprint density at radius 2 is 1.91 bits per heavy atom. The number of nitrogens with zero attached hydrogens (tertiary/aromatic N) is 1. The summed E-state index contributed by atoms with van der Waals surface area (Å²) in [5.74, 6) is 0. The maximum atomic E-state index is 5.75. The second-order valence-electron chi connectivity index (χ2n) is 2.96. The summed E-state index contributed by atoms with van der Waals surface area (Å²) in [7, 11) is 0. The van der Waals surface area contributed by atoms with Crippen LogP contribution in [0.2, 0.25) is 0 Å². The van der Waals surface area contributed by atoms with Gasteiger partial charge >= 0.3 is 0 Å². The van der Waals surface area contributed by atoms with Crippen LogP contribution in [0.5, 0.6) is 0 Å². The zero-order valence-electron chi connectivity index (χ0n) is 7.63. The molecule has 0 aliphatic rings. The molecule has 0 fully saturated rings. The molecular formula is C9H16ClN. The maximum Gasteiger partial charge on any atom is 0.0493 e. The molecule has 0 saturated heterocycles. The predicted octanol–water partition coefficient (Wildman–Crippen LogP) is 3.04. The summed E-state index contributed by atoms with van der Waals surface area (Å²) in [6, 6.07) is 0.365. The van der Waals surface area contributed by atoms with E-state index in [2.05, 4.69) is 4.99 Å². The predicted molar refractivity (Wildman–Crippen MR) is 52.7 cm³/mol. The Balaban J connectivity index is 3.95. The number of hydrogen-bond acceptors (Lipinski definition) is 1. The van der Waals surface area contributed by atoms with Crippen LogP contribution in [-0.2, 0) is 0 Å². The van der Waals surface area contributed by atoms with Crippen molar-refractivity contribution in [1.82, 2.24) is 0 Å². The van der Waals surface area contributed by atoms with Gasteiger partial charge in [-0.05, 0) is 33.3 Å². The molecule has 0 rings (SSSR count). The van der Waals surface area contributed by atoms with Gasteiger partial charge in [-0.3, -0.25) is 4.99 Å². The molecule has 0 aromatic rings. The minimum Gasteiger partial charge on any atom is -0.290 e. The van der Waals surface area contributed by atoms with Crippen molar-refractivity contribution in [3.8, 4) is 0 Å². The Hall–Kier alpha value is -0.300. The van der Waals surface area contributed by atoms with Gasteiger partial charge in [0.1, 0.15) is 0 Å². The molecule has 0 heterocycles. The number of hydrogen-bond donors (Lipinski definition) is 0. The smallest absolute Gasteiger partial charge is 0.0493 e. The Morgan fingerprint density at radius 3 is 2.27 bits per heavy atom. The van der Waals surface area contributed by atoms with Gasteiger partial charge in [0.05, 0.1) is 0 Å². The molecule has 1 nitrogen and oxygen atoms in total. The van der Waals surface area contributed by atoms with Crippen LogP contribution in [0.25, 0.3) is 0 Å². The molecule has 0 N–H and O–H groups in total. The van der Waals surface area contributed by atoms with Crippen LogP contribution >= 0.6 is 11.6 Å². The molecule has 0 aromatic heterocycles. The van der Waals surface area contributed by atoms with Crippen LogP contribution in [0.4, 0.5) is 0 Å². The first-order valence-corrected chi connectivity index (χ1v) is 4.31. The van der Waals surface area contributed by atoms with Crippen molar-refractivity contribution in [2.24, 2.45) is 4.99 Å². The van der Waals surface area contributed by atoms with Gasteiger partial charge in [0.2, 0.25) is 0 Å². The van der Waals surface area contributed by atoms with Gasteiger partial charge in [0.25, 0.3) is 0 Å². The Kier molecular flexibility index (Phi) is 5.22. The SMILES string of the molecule is CC(/C=N\C(C)C)=C/C(C)Cl. The average molecular weight is 174 g/mol. The minimum absolute atomic E-state index is 0.0913. The van der Waals surface area contributed by atoms with Gasteiger partial charge < -0.3 is 0 Å². The second kappa shape index (κ2) is 5.36. The van der Waals surface area contributed by atoms with E-state index in [1.807, 2.05) is 40.0 Å². The summed E-state index contributed by atoms with van der Waals surface area (Å²) in [4.78, 5) is 4.23. The number of allylic oxidation sites excluding steroid dienone is 2. The van der Waals surface area contributed by atoms with Crippen molar-refractivity contribution < 1.29 is 0 Å². The molecule has 1 atom stereocenters. The standard InChI is InChI=1S/C9H16ClN/c1-7(2)11-6-8(3)5-9(4)10/h5-7,9H,1-4H3/b8-5-,11-6-. The molecule has 0 saturated carbocycles. The summed E-state index contributed by atoms with van der Waals surface area (Å²) >= 11 is 5.75. The van der Waals surface area contributed by atoms with Gasteiger partial charge in [-0.2, -0.15) is 0 Å². The van der Waals surface area contributed by atoms with Crippen molar-refractivity contribution in [3.05, 3.63) is 11.6 Å². The lowest BCUT2D eigenvalue weighted by atomic mass is 10.2. The summed E-state index contributed by atoms with van der Waals surface area (Å²) in [5.41, 5.74) is 1.13. The van der Waals surface area contributed by atoms with Crippen LogP contribution in [0, 0.1) is 0 Å². The van der Waals surface area contributed by atoms with Gasteiger partial charge in [-0.25, -0.2) is 0 Å². The van der Waals surface area contributed by atoms with E-state index in [9.17, 15) is 0 Å². The number of aliphatic imine (C=N–C) groups is 1. The van der Waals surface area contributed by atoms with Gasteiger partial charge in [-0.15, -0.1) is 11.6 Å². The monoisotopic (exact) mass is 173 g/mol. The van der Waals surface area contributed by atoms with Crippen molar-refractivity contribution in [2.45, 2.75) is 39.1 Å². The fourth-order valence-electron chi connectivity index (χ4n) is 0.672. The highest BCUT2D eigenvalue weighted by atomic mass is 35.5. The van der Waals surface area contributed by atoms with Crippen LogP contribution < -0.4 is 0 Å².